The summed E-state index contributed by atoms with van der Waals surface area (Å²) >= 11 is 3.27. The fourth-order valence-electron chi connectivity index (χ4n) is 2.49. The first-order chi connectivity index (χ1) is 11.9. The Morgan fingerprint density at radius 2 is 1.80 bits per heavy atom. The Labute approximate surface area is 149 Å². The molecule has 0 aromatic heterocycles. The van der Waals surface area contributed by atoms with Crippen LogP contribution in [0, 0.1) is 10.1 Å². The highest BCUT2D eigenvalue weighted by atomic mass is 79.9. The SMILES string of the molecule is O=C(CN1C(=O)c2cccc([N+](=O)[O-])c2C1=O)Nc1ccc(Br)cc1. The van der Waals surface area contributed by atoms with Crippen LogP contribution in [0.2, 0.25) is 0 Å². The molecule has 126 valence electrons. The summed E-state index contributed by atoms with van der Waals surface area (Å²) in [5.74, 6) is -2.16. The number of nitrogens with zero attached hydrogens (tertiary/aromatic N) is 2. The largest absolute Gasteiger partial charge is 0.325 e. The summed E-state index contributed by atoms with van der Waals surface area (Å²) in [6.45, 7) is -0.528. The van der Waals surface area contributed by atoms with Crippen molar-refractivity contribution < 1.29 is 19.3 Å². The van der Waals surface area contributed by atoms with Gasteiger partial charge < -0.3 is 5.32 Å². The van der Waals surface area contributed by atoms with Gasteiger partial charge in [0.2, 0.25) is 5.91 Å². The van der Waals surface area contributed by atoms with Crippen molar-refractivity contribution in [3.8, 4) is 0 Å². The van der Waals surface area contributed by atoms with Crippen molar-refractivity contribution in [3.63, 3.8) is 0 Å². The van der Waals surface area contributed by atoms with Crippen molar-refractivity contribution in [2.24, 2.45) is 0 Å². The average molecular weight is 404 g/mol. The number of anilines is 1. The Balaban J connectivity index is 1.80. The maximum absolute atomic E-state index is 12.4. The van der Waals surface area contributed by atoms with E-state index < -0.39 is 34.9 Å². The van der Waals surface area contributed by atoms with E-state index in [9.17, 15) is 24.5 Å². The summed E-state index contributed by atoms with van der Waals surface area (Å²) in [7, 11) is 0. The van der Waals surface area contributed by atoms with E-state index in [1.165, 1.54) is 12.1 Å². The lowest BCUT2D eigenvalue weighted by atomic mass is 10.1. The predicted octanol–water partition coefficient (Wildman–Crippen LogP) is 2.59. The van der Waals surface area contributed by atoms with Crippen LogP contribution in [0.1, 0.15) is 20.7 Å². The zero-order valence-electron chi connectivity index (χ0n) is 12.6. The lowest BCUT2D eigenvalue weighted by Gasteiger charge is -2.13. The Bertz CT molecular complexity index is 910. The number of hydrogen-bond acceptors (Lipinski definition) is 5. The molecule has 3 rings (SSSR count). The summed E-state index contributed by atoms with van der Waals surface area (Å²) in [5, 5.41) is 13.6. The number of nitrogens with one attached hydrogen (secondary N) is 1. The van der Waals surface area contributed by atoms with Crippen LogP contribution in [0.5, 0.6) is 0 Å². The first-order valence-corrected chi connectivity index (χ1v) is 7.87. The van der Waals surface area contributed by atoms with Gasteiger partial charge in [0.1, 0.15) is 12.1 Å². The second-order valence-electron chi connectivity index (χ2n) is 5.21. The third kappa shape index (κ3) is 3.13. The summed E-state index contributed by atoms with van der Waals surface area (Å²) in [4.78, 5) is 47.8. The number of hydrogen-bond donors (Lipinski definition) is 1. The molecule has 0 radical (unpaired) electrons. The van der Waals surface area contributed by atoms with Crippen LogP contribution in [0.25, 0.3) is 0 Å². The van der Waals surface area contributed by atoms with Crippen LogP contribution >= 0.6 is 15.9 Å². The molecule has 2 aromatic rings. The minimum absolute atomic E-state index is 0.0735. The van der Waals surface area contributed by atoms with Crippen molar-refractivity contribution in [2.75, 3.05) is 11.9 Å². The van der Waals surface area contributed by atoms with E-state index in [1.807, 2.05) is 0 Å². The van der Waals surface area contributed by atoms with Gasteiger partial charge in [0.15, 0.2) is 0 Å². The van der Waals surface area contributed by atoms with Gasteiger partial charge in [0.25, 0.3) is 17.5 Å². The van der Waals surface area contributed by atoms with Crippen molar-refractivity contribution in [1.29, 1.82) is 0 Å². The molecule has 1 heterocycles. The Morgan fingerprint density at radius 1 is 1.12 bits per heavy atom. The van der Waals surface area contributed by atoms with Gasteiger partial charge in [-0.2, -0.15) is 0 Å². The topological polar surface area (TPSA) is 110 Å². The van der Waals surface area contributed by atoms with Crippen LogP contribution in [0.3, 0.4) is 0 Å². The number of halogens is 1. The second kappa shape index (κ2) is 6.44. The summed E-state index contributed by atoms with van der Waals surface area (Å²) in [6.07, 6.45) is 0. The minimum Gasteiger partial charge on any atom is -0.325 e. The zero-order valence-corrected chi connectivity index (χ0v) is 14.1. The van der Waals surface area contributed by atoms with Gasteiger partial charge in [-0.25, -0.2) is 0 Å². The molecule has 25 heavy (non-hydrogen) atoms. The number of nitro benzene ring substituents is 1. The Hall–Kier alpha value is -3.07. The number of rotatable bonds is 4. The molecule has 0 aliphatic carbocycles. The number of carbonyl (C=O) groups excluding carboxylic acids is 3. The smallest absolute Gasteiger partial charge is 0.282 e. The van der Waals surface area contributed by atoms with Crippen LogP contribution in [-0.2, 0) is 4.79 Å². The molecule has 0 saturated heterocycles. The summed E-state index contributed by atoms with van der Waals surface area (Å²) in [6, 6.07) is 10.5. The molecule has 2 aromatic carbocycles. The van der Waals surface area contributed by atoms with E-state index in [2.05, 4.69) is 21.2 Å². The molecule has 8 nitrogen and oxygen atoms in total. The Morgan fingerprint density at radius 3 is 2.44 bits per heavy atom. The van der Waals surface area contributed by atoms with Gasteiger partial charge in [-0.1, -0.05) is 22.0 Å². The molecule has 1 aliphatic rings. The molecular weight excluding hydrogens is 394 g/mol. The highest BCUT2D eigenvalue weighted by Gasteiger charge is 2.41. The first-order valence-electron chi connectivity index (χ1n) is 7.07. The van der Waals surface area contributed by atoms with Gasteiger partial charge in [-0.05, 0) is 30.3 Å². The highest BCUT2D eigenvalue weighted by molar-refractivity contribution is 9.10. The summed E-state index contributed by atoms with van der Waals surface area (Å²) < 4.78 is 0.832. The number of fused-ring (bicyclic) bond motifs is 1. The number of imide groups is 1. The van der Waals surface area contributed by atoms with Gasteiger partial charge in [-0.15, -0.1) is 0 Å². The van der Waals surface area contributed by atoms with E-state index >= 15 is 0 Å². The van der Waals surface area contributed by atoms with Crippen LogP contribution in [0.15, 0.2) is 46.9 Å². The number of carbonyl (C=O) groups is 3. The van der Waals surface area contributed by atoms with Gasteiger partial charge >= 0.3 is 0 Å². The zero-order chi connectivity index (χ0) is 18.1. The molecular formula is C16H10BrN3O5. The standard InChI is InChI=1S/C16H10BrN3O5/c17-9-4-6-10(7-5-9)18-13(21)8-19-15(22)11-2-1-3-12(20(24)25)14(11)16(19)23/h1-7H,8H2,(H,18,21). The molecule has 0 fully saturated rings. The van der Waals surface area contributed by atoms with Crippen molar-refractivity contribution >= 4 is 45.0 Å². The molecule has 1 N–H and O–H groups in total. The van der Waals surface area contributed by atoms with Crippen LogP contribution < -0.4 is 5.32 Å². The fraction of sp³-hybridized carbons (Fsp3) is 0.0625. The number of benzene rings is 2. The molecule has 0 spiro atoms. The van der Waals surface area contributed by atoms with Gasteiger partial charge in [0, 0.05) is 16.2 Å². The van der Waals surface area contributed by atoms with Gasteiger partial charge in [0.05, 0.1) is 10.5 Å². The van der Waals surface area contributed by atoms with Crippen molar-refractivity contribution in [3.05, 3.63) is 68.2 Å². The highest BCUT2D eigenvalue weighted by Crippen LogP contribution is 2.30. The van der Waals surface area contributed by atoms with Crippen molar-refractivity contribution in [1.82, 2.24) is 4.90 Å². The molecule has 9 heteroatoms. The van der Waals surface area contributed by atoms with E-state index in [0.717, 1.165) is 10.5 Å². The number of nitro groups is 1. The lowest BCUT2D eigenvalue weighted by molar-refractivity contribution is -0.385. The van der Waals surface area contributed by atoms with Crippen molar-refractivity contribution in [2.45, 2.75) is 0 Å². The minimum atomic E-state index is -0.849. The maximum atomic E-state index is 12.4. The molecule has 1 aliphatic heterocycles. The van der Waals surface area contributed by atoms with E-state index in [0.29, 0.717) is 10.6 Å². The predicted molar refractivity (Wildman–Crippen MR) is 91.2 cm³/mol. The fourth-order valence-corrected chi connectivity index (χ4v) is 2.75. The molecule has 0 atom stereocenters. The first kappa shape index (κ1) is 16.8. The quantitative estimate of drug-likeness (QED) is 0.479. The average Bonchev–Trinajstić information content (AvgIpc) is 2.82. The summed E-state index contributed by atoms with van der Waals surface area (Å²) in [5.41, 5.74) is -0.313. The maximum Gasteiger partial charge on any atom is 0.282 e. The molecule has 0 saturated carbocycles. The third-order valence-corrected chi connectivity index (χ3v) is 4.13. The van der Waals surface area contributed by atoms with E-state index in [1.54, 1.807) is 24.3 Å². The van der Waals surface area contributed by atoms with E-state index in [-0.39, 0.29) is 11.1 Å². The monoisotopic (exact) mass is 403 g/mol. The van der Waals surface area contributed by atoms with Gasteiger partial charge in [-0.3, -0.25) is 29.4 Å². The third-order valence-electron chi connectivity index (χ3n) is 3.60. The van der Waals surface area contributed by atoms with Crippen LogP contribution in [-0.4, -0.2) is 34.1 Å². The molecule has 0 bridgehead atoms. The second-order valence-corrected chi connectivity index (χ2v) is 6.12. The molecule has 0 unspecified atom stereocenters. The van der Waals surface area contributed by atoms with Crippen LogP contribution in [0.4, 0.5) is 11.4 Å². The normalized spacial score (nSPS) is 12.9. The number of amides is 3. The van der Waals surface area contributed by atoms with E-state index in [4.69, 9.17) is 0 Å². The molecule has 3 amide bonds. The Kier molecular flexibility index (Phi) is 4.32. The lowest BCUT2D eigenvalue weighted by Crippen LogP contribution is -2.37.